The van der Waals surface area contributed by atoms with Crippen LogP contribution in [-0.4, -0.2) is 42.1 Å². The maximum atomic E-state index is 12.2. The summed E-state index contributed by atoms with van der Waals surface area (Å²) in [4.78, 5) is 24.5. The largest absolute Gasteiger partial charge is 0.491 e. The monoisotopic (exact) mass is 305 g/mol. The number of benzene rings is 1. The van der Waals surface area contributed by atoms with Crippen LogP contribution in [0.3, 0.4) is 0 Å². The van der Waals surface area contributed by atoms with Crippen molar-refractivity contribution in [2.75, 3.05) is 13.2 Å². The van der Waals surface area contributed by atoms with Crippen molar-refractivity contribution in [1.29, 1.82) is 0 Å². The number of carbonyl (C=O) groups excluding carboxylic acids is 2. The molecular formula is C17H23NO4. The van der Waals surface area contributed by atoms with Crippen molar-refractivity contribution in [2.45, 2.75) is 45.3 Å². The van der Waals surface area contributed by atoms with Gasteiger partial charge < -0.3 is 14.4 Å². The molecule has 0 bridgehead atoms. The fourth-order valence-electron chi connectivity index (χ4n) is 2.40. The molecule has 1 aromatic rings. The van der Waals surface area contributed by atoms with Crippen molar-refractivity contribution in [3.63, 3.8) is 0 Å². The Hall–Kier alpha value is -2.04. The molecule has 1 fully saturated rings. The summed E-state index contributed by atoms with van der Waals surface area (Å²) in [6.45, 7) is 6.72. The maximum absolute atomic E-state index is 12.2. The first-order valence-corrected chi connectivity index (χ1v) is 7.57. The van der Waals surface area contributed by atoms with Crippen LogP contribution < -0.4 is 4.74 Å². The molecular weight excluding hydrogens is 282 g/mol. The summed E-state index contributed by atoms with van der Waals surface area (Å²) < 4.78 is 11.2. The highest BCUT2D eigenvalue weighted by molar-refractivity contribution is 5.74. The van der Waals surface area contributed by atoms with Crippen LogP contribution in [0.1, 0.15) is 44.0 Å². The summed E-state index contributed by atoms with van der Waals surface area (Å²) in [5.41, 5.74) is 0.124. The third-order valence-electron chi connectivity index (χ3n) is 3.46. The van der Waals surface area contributed by atoms with Gasteiger partial charge in [0.1, 0.15) is 24.2 Å². The van der Waals surface area contributed by atoms with Crippen molar-refractivity contribution in [3.8, 4) is 5.75 Å². The predicted octanol–water partition coefficient (Wildman–Crippen LogP) is 3.28. The number of carbonyl (C=O) groups is 2. The van der Waals surface area contributed by atoms with Crippen LogP contribution in [0.4, 0.5) is 4.79 Å². The number of rotatable bonds is 4. The minimum absolute atomic E-state index is 0.0283. The van der Waals surface area contributed by atoms with Crippen LogP contribution in [-0.2, 0) is 4.74 Å². The summed E-state index contributed by atoms with van der Waals surface area (Å²) in [5.74, 6) is 0.696. The first kappa shape index (κ1) is 16.3. The van der Waals surface area contributed by atoms with Gasteiger partial charge in [0.05, 0.1) is 6.04 Å². The van der Waals surface area contributed by atoms with E-state index in [2.05, 4.69) is 0 Å². The van der Waals surface area contributed by atoms with E-state index in [9.17, 15) is 9.59 Å². The Kier molecular flexibility index (Phi) is 5.06. The average Bonchev–Trinajstić information content (AvgIpc) is 2.92. The molecule has 0 radical (unpaired) electrons. The summed E-state index contributed by atoms with van der Waals surface area (Å²) in [5, 5.41) is 0. The molecule has 0 aromatic heterocycles. The Bertz CT molecular complexity index is 518. The van der Waals surface area contributed by atoms with Gasteiger partial charge in [-0.25, -0.2) is 4.79 Å². The molecule has 1 aromatic carbocycles. The third kappa shape index (κ3) is 4.48. The SMILES string of the molecule is CC(C)(C)OC(=O)N1CCC[C@H]1COc1ccc(C=O)cc1. The van der Waals surface area contributed by atoms with E-state index in [-0.39, 0.29) is 12.1 Å². The van der Waals surface area contributed by atoms with Gasteiger partial charge in [0.2, 0.25) is 0 Å². The maximum Gasteiger partial charge on any atom is 0.410 e. The summed E-state index contributed by atoms with van der Waals surface area (Å²) in [6.07, 6.45) is 2.38. The lowest BCUT2D eigenvalue weighted by molar-refractivity contribution is 0.0187. The number of hydrogen-bond donors (Lipinski definition) is 0. The van der Waals surface area contributed by atoms with Crippen molar-refractivity contribution >= 4 is 12.4 Å². The lowest BCUT2D eigenvalue weighted by Gasteiger charge is -2.28. The van der Waals surface area contributed by atoms with E-state index in [1.165, 1.54) is 0 Å². The van der Waals surface area contributed by atoms with Crippen LogP contribution in [0.5, 0.6) is 5.75 Å². The van der Waals surface area contributed by atoms with Crippen LogP contribution >= 0.6 is 0 Å². The minimum atomic E-state index is -0.490. The van der Waals surface area contributed by atoms with Gasteiger partial charge in [0, 0.05) is 12.1 Å². The zero-order chi connectivity index (χ0) is 16.2. The highest BCUT2D eigenvalue weighted by Crippen LogP contribution is 2.22. The first-order chi connectivity index (χ1) is 10.4. The second kappa shape index (κ2) is 6.81. The molecule has 120 valence electrons. The Morgan fingerprint density at radius 2 is 2.00 bits per heavy atom. The Morgan fingerprint density at radius 1 is 1.32 bits per heavy atom. The molecule has 22 heavy (non-hydrogen) atoms. The van der Waals surface area contributed by atoms with Crippen LogP contribution in [0.15, 0.2) is 24.3 Å². The molecule has 1 amide bonds. The fraction of sp³-hybridized carbons (Fsp3) is 0.529. The lowest BCUT2D eigenvalue weighted by Crippen LogP contribution is -2.42. The topological polar surface area (TPSA) is 55.8 Å². The van der Waals surface area contributed by atoms with E-state index in [0.717, 1.165) is 19.1 Å². The predicted molar refractivity (Wildman–Crippen MR) is 83.3 cm³/mol. The number of likely N-dealkylation sites (tertiary alicyclic amines) is 1. The number of nitrogens with zero attached hydrogens (tertiary/aromatic N) is 1. The van der Waals surface area contributed by atoms with Gasteiger partial charge in [0.15, 0.2) is 0 Å². The number of aldehydes is 1. The zero-order valence-corrected chi connectivity index (χ0v) is 13.4. The normalized spacial score (nSPS) is 18.1. The first-order valence-electron chi connectivity index (χ1n) is 7.57. The summed E-state index contributed by atoms with van der Waals surface area (Å²) in [7, 11) is 0. The molecule has 0 unspecified atom stereocenters. The van der Waals surface area contributed by atoms with E-state index >= 15 is 0 Å². The summed E-state index contributed by atoms with van der Waals surface area (Å²) >= 11 is 0. The smallest absolute Gasteiger partial charge is 0.410 e. The molecule has 0 aliphatic carbocycles. The van der Waals surface area contributed by atoms with Gasteiger partial charge in [-0.15, -0.1) is 0 Å². The molecule has 5 heteroatoms. The molecule has 1 saturated heterocycles. The van der Waals surface area contributed by atoms with Gasteiger partial charge in [-0.05, 0) is 57.9 Å². The fourth-order valence-corrected chi connectivity index (χ4v) is 2.40. The number of hydrogen-bond acceptors (Lipinski definition) is 4. The zero-order valence-electron chi connectivity index (χ0n) is 13.4. The summed E-state index contributed by atoms with van der Waals surface area (Å²) in [6, 6.07) is 6.97. The van der Waals surface area contributed by atoms with Gasteiger partial charge in [0.25, 0.3) is 0 Å². The standard InChI is InChI=1S/C17H23NO4/c1-17(2,3)22-16(20)18-10-4-5-14(18)12-21-15-8-6-13(11-19)7-9-15/h6-9,11,14H,4-5,10,12H2,1-3H3/t14-/m0/s1. The molecule has 0 spiro atoms. The van der Waals surface area contributed by atoms with Crippen LogP contribution in [0.2, 0.25) is 0 Å². The molecule has 1 aliphatic heterocycles. The van der Waals surface area contributed by atoms with E-state index in [4.69, 9.17) is 9.47 Å². The van der Waals surface area contributed by atoms with Gasteiger partial charge >= 0.3 is 6.09 Å². The van der Waals surface area contributed by atoms with Crippen molar-refractivity contribution in [3.05, 3.63) is 29.8 Å². The number of amides is 1. The van der Waals surface area contributed by atoms with E-state index in [1.807, 2.05) is 20.8 Å². The van der Waals surface area contributed by atoms with Gasteiger partial charge in [-0.2, -0.15) is 0 Å². The van der Waals surface area contributed by atoms with Gasteiger partial charge in [-0.3, -0.25) is 4.79 Å². The second-order valence-corrected chi connectivity index (χ2v) is 6.47. The van der Waals surface area contributed by atoms with E-state index < -0.39 is 5.60 Å². The Morgan fingerprint density at radius 3 is 2.59 bits per heavy atom. The number of ether oxygens (including phenoxy) is 2. The van der Waals surface area contributed by atoms with Gasteiger partial charge in [-0.1, -0.05) is 0 Å². The molecule has 1 atom stereocenters. The van der Waals surface area contributed by atoms with E-state index in [1.54, 1.807) is 29.2 Å². The van der Waals surface area contributed by atoms with E-state index in [0.29, 0.717) is 24.5 Å². The molecule has 1 heterocycles. The Labute approximate surface area is 131 Å². The minimum Gasteiger partial charge on any atom is -0.491 e. The van der Waals surface area contributed by atoms with Crippen LogP contribution in [0.25, 0.3) is 0 Å². The van der Waals surface area contributed by atoms with Crippen molar-refractivity contribution < 1.29 is 19.1 Å². The molecule has 0 N–H and O–H groups in total. The highest BCUT2D eigenvalue weighted by atomic mass is 16.6. The lowest BCUT2D eigenvalue weighted by atomic mass is 10.2. The molecule has 2 rings (SSSR count). The van der Waals surface area contributed by atoms with Crippen molar-refractivity contribution in [1.82, 2.24) is 4.90 Å². The van der Waals surface area contributed by atoms with Crippen molar-refractivity contribution in [2.24, 2.45) is 0 Å². The Balaban J connectivity index is 1.90. The molecule has 5 nitrogen and oxygen atoms in total. The highest BCUT2D eigenvalue weighted by Gasteiger charge is 2.32. The quantitative estimate of drug-likeness (QED) is 0.801. The third-order valence-corrected chi connectivity index (χ3v) is 3.46. The molecule has 1 aliphatic rings. The second-order valence-electron chi connectivity index (χ2n) is 6.47. The average molecular weight is 305 g/mol. The molecule has 0 saturated carbocycles. The van der Waals surface area contributed by atoms with Crippen LogP contribution in [0, 0.1) is 0 Å².